The van der Waals surface area contributed by atoms with Crippen LogP contribution in [0, 0.1) is 0 Å². The first kappa shape index (κ1) is 16.4. The van der Waals surface area contributed by atoms with Crippen LogP contribution in [0.4, 0.5) is 18.9 Å². The summed E-state index contributed by atoms with van der Waals surface area (Å²) in [6.45, 7) is 2.42. The Labute approximate surface area is 126 Å². The van der Waals surface area contributed by atoms with Gasteiger partial charge in [0.25, 0.3) is 0 Å². The van der Waals surface area contributed by atoms with E-state index in [1.54, 1.807) is 0 Å². The van der Waals surface area contributed by atoms with E-state index in [4.69, 9.17) is 11.6 Å². The number of aliphatic hydroxyl groups excluding tert-OH is 1. The summed E-state index contributed by atoms with van der Waals surface area (Å²) in [4.78, 5) is 2.11. The highest BCUT2D eigenvalue weighted by Gasteiger charge is 2.33. The molecule has 0 saturated carbocycles. The van der Waals surface area contributed by atoms with Gasteiger partial charge in [0.2, 0.25) is 0 Å². The standard InChI is InChI=1S/C14H18ClF3N2O/c15-10-3-4-13(12(7-10)14(16,17)18)19-8-11(21)9-20-5-1-2-6-20/h3-4,7,11,19,21H,1-2,5-6,8-9H2. The molecule has 1 aromatic carbocycles. The van der Waals surface area contributed by atoms with Gasteiger partial charge in [-0.25, -0.2) is 0 Å². The highest BCUT2D eigenvalue weighted by Crippen LogP contribution is 2.36. The van der Waals surface area contributed by atoms with Gasteiger partial charge in [-0.05, 0) is 44.1 Å². The number of halogens is 4. The van der Waals surface area contributed by atoms with Crippen LogP contribution < -0.4 is 5.32 Å². The van der Waals surface area contributed by atoms with Gasteiger partial charge in [0.1, 0.15) is 0 Å². The van der Waals surface area contributed by atoms with Gasteiger partial charge in [-0.2, -0.15) is 13.2 Å². The fraction of sp³-hybridized carbons (Fsp3) is 0.571. The second kappa shape index (κ2) is 6.85. The van der Waals surface area contributed by atoms with E-state index in [1.165, 1.54) is 12.1 Å². The molecule has 0 spiro atoms. The molecule has 1 aliphatic heterocycles. The quantitative estimate of drug-likeness (QED) is 0.873. The van der Waals surface area contributed by atoms with Crippen molar-refractivity contribution in [2.24, 2.45) is 0 Å². The van der Waals surface area contributed by atoms with Gasteiger partial charge in [-0.3, -0.25) is 0 Å². The topological polar surface area (TPSA) is 35.5 Å². The number of β-amino-alcohol motifs (C(OH)–C–C–N with tert-alkyl or cyclic N) is 1. The average Bonchev–Trinajstić information content (AvgIpc) is 2.89. The molecule has 1 saturated heterocycles. The summed E-state index contributed by atoms with van der Waals surface area (Å²) in [5.41, 5.74) is -0.879. The molecule has 21 heavy (non-hydrogen) atoms. The van der Waals surface area contributed by atoms with E-state index in [0.717, 1.165) is 32.0 Å². The van der Waals surface area contributed by atoms with Crippen LogP contribution in [-0.2, 0) is 6.18 Å². The van der Waals surface area contributed by atoms with E-state index in [-0.39, 0.29) is 17.3 Å². The van der Waals surface area contributed by atoms with E-state index in [0.29, 0.717) is 6.54 Å². The zero-order chi connectivity index (χ0) is 15.5. The largest absolute Gasteiger partial charge is 0.418 e. The molecular weight excluding hydrogens is 305 g/mol. The highest BCUT2D eigenvalue weighted by atomic mass is 35.5. The number of nitrogens with one attached hydrogen (secondary N) is 1. The zero-order valence-corrected chi connectivity index (χ0v) is 12.2. The van der Waals surface area contributed by atoms with Crippen molar-refractivity contribution in [3.63, 3.8) is 0 Å². The molecule has 0 amide bonds. The molecule has 1 aromatic rings. The average molecular weight is 323 g/mol. The predicted octanol–water partition coefficient (Wildman–Crippen LogP) is 3.23. The molecule has 2 rings (SSSR count). The smallest absolute Gasteiger partial charge is 0.390 e. The van der Waals surface area contributed by atoms with E-state index in [9.17, 15) is 18.3 Å². The van der Waals surface area contributed by atoms with Gasteiger partial charge in [0.15, 0.2) is 0 Å². The monoisotopic (exact) mass is 322 g/mol. The highest BCUT2D eigenvalue weighted by molar-refractivity contribution is 6.30. The maximum absolute atomic E-state index is 12.9. The van der Waals surface area contributed by atoms with Crippen LogP contribution in [0.5, 0.6) is 0 Å². The molecule has 0 aliphatic carbocycles. The Bertz CT molecular complexity index is 476. The molecular formula is C14H18ClF3N2O. The number of hydrogen-bond acceptors (Lipinski definition) is 3. The molecule has 1 atom stereocenters. The van der Waals surface area contributed by atoms with E-state index in [1.807, 2.05) is 0 Å². The minimum Gasteiger partial charge on any atom is -0.390 e. The first-order valence-corrected chi connectivity index (χ1v) is 7.25. The maximum atomic E-state index is 12.9. The molecule has 1 aliphatic rings. The fourth-order valence-corrected chi connectivity index (χ4v) is 2.63. The lowest BCUT2D eigenvalue weighted by molar-refractivity contribution is -0.137. The normalized spacial score (nSPS) is 18.0. The van der Waals surface area contributed by atoms with Crippen LogP contribution in [0.25, 0.3) is 0 Å². The number of rotatable bonds is 5. The summed E-state index contributed by atoms with van der Waals surface area (Å²) in [5, 5.41) is 12.6. The van der Waals surface area contributed by atoms with Crippen LogP contribution in [0.2, 0.25) is 5.02 Å². The number of hydrogen-bond donors (Lipinski definition) is 2. The van der Waals surface area contributed by atoms with Gasteiger partial charge < -0.3 is 15.3 Å². The molecule has 1 heterocycles. The van der Waals surface area contributed by atoms with Crippen molar-refractivity contribution in [2.75, 3.05) is 31.5 Å². The Morgan fingerprint density at radius 3 is 2.57 bits per heavy atom. The predicted molar refractivity (Wildman–Crippen MR) is 76.6 cm³/mol. The van der Waals surface area contributed by atoms with Crippen molar-refractivity contribution in [3.8, 4) is 0 Å². The van der Waals surface area contributed by atoms with Crippen molar-refractivity contribution < 1.29 is 18.3 Å². The van der Waals surface area contributed by atoms with Crippen LogP contribution in [0.3, 0.4) is 0 Å². The molecule has 7 heteroatoms. The summed E-state index contributed by atoms with van der Waals surface area (Å²) >= 11 is 5.62. The summed E-state index contributed by atoms with van der Waals surface area (Å²) in [6, 6.07) is 3.57. The third-order valence-corrected chi connectivity index (χ3v) is 3.72. The molecule has 0 bridgehead atoms. The lowest BCUT2D eigenvalue weighted by atomic mass is 10.1. The molecule has 0 radical (unpaired) electrons. The number of alkyl halides is 3. The Morgan fingerprint density at radius 2 is 1.95 bits per heavy atom. The number of aliphatic hydroxyl groups is 1. The fourth-order valence-electron chi connectivity index (χ4n) is 2.46. The van der Waals surface area contributed by atoms with Crippen LogP contribution in [0.15, 0.2) is 18.2 Å². The third-order valence-electron chi connectivity index (χ3n) is 3.48. The maximum Gasteiger partial charge on any atom is 0.418 e. The second-order valence-electron chi connectivity index (χ2n) is 5.23. The number of likely N-dealkylation sites (tertiary alicyclic amines) is 1. The third kappa shape index (κ3) is 4.76. The van der Waals surface area contributed by atoms with E-state index >= 15 is 0 Å². The molecule has 1 unspecified atom stereocenters. The Hall–Kier alpha value is -0.980. The van der Waals surface area contributed by atoms with Crippen LogP contribution in [0.1, 0.15) is 18.4 Å². The summed E-state index contributed by atoms with van der Waals surface area (Å²) in [5.74, 6) is 0. The van der Waals surface area contributed by atoms with Crippen LogP contribution in [-0.4, -0.2) is 42.3 Å². The van der Waals surface area contributed by atoms with Gasteiger partial charge in [0, 0.05) is 23.8 Å². The first-order chi connectivity index (χ1) is 9.86. The van der Waals surface area contributed by atoms with Gasteiger partial charge in [-0.15, -0.1) is 0 Å². The molecule has 118 valence electrons. The lowest BCUT2D eigenvalue weighted by Gasteiger charge is -2.21. The molecule has 1 fully saturated rings. The summed E-state index contributed by atoms with van der Waals surface area (Å²) in [7, 11) is 0. The number of benzene rings is 1. The minimum atomic E-state index is -4.48. The summed E-state index contributed by atoms with van der Waals surface area (Å²) in [6.07, 6.45) is -2.97. The molecule has 0 aromatic heterocycles. The first-order valence-electron chi connectivity index (χ1n) is 6.87. The molecule has 2 N–H and O–H groups in total. The Kier molecular flexibility index (Phi) is 5.35. The van der Waals surface area contributed by atoms with Gasteiger partial charge >= 0.3 is 6.18 Å². The Morgan fingerprint density at radius 1 is 1.29 bits per heavy atom. The zero-order valence-electron chi connectivity index (χ0n) is 11.5. The van der Waals surface area contributed by atoms with Crippen molar-refractivity contribution >= 4 is 17.3 Å². The van der Waals surface area contributed by atoms with E-state index < -0.39 is 17.8 Å². The number of nitrogens with zero attached hydrogens (tertiary/aromatic N) is 1. The summed E-state index contributed by atoms with van der Waals surface area (Å²) < 4.78 is 38.7. The Balaban J connectivity index is 1.96. The second-order valence-corrected chi connectivity index (χ2v) is 5.67. The van der Waals surface area contributed by atoms with Crippen molar-refractivity contribution in [1.29, 1.82) is 0 Å². The van der Waals surface area contributed by atoms with E-state index in [2.05, 4.69) is 10.2 Å². The molecule has 3 nitrogen and oxygen atoms in total. The van der Waals surface area contributed by atoms with Gasteiger partial charge in [-0.1, -0.05) is 11.6 Å². The van der Waals surface area contributed by atoms with Crippen LogP contribution >= 0.6 is 11.6 Å². The minimum absolute atomic E-state index is 0.0329. The SMILES string of the molecule is OC(CNc1ccc(Cl)cc1C(F)(F)F)CN1CCCC1. The number of anilines is 1. The van der Waals surface area contributed by atoms with Crippen molar-refractivity contribution in [2.45, 2.75) is 25.1 Å². The van der Waals surface area contributed by atoms with Crippen molar-refractivity contribution in [3.05, 3.63) is 28.8 Å². The van der Waals surface area contributed by atoms with Gasteiger partial charge in [0.05, 0.1) is 11.7 Å². The lowest BCUT2D eigenvalue weighted by Crippen LogP contribution is -2.34. The van der Waals surface area contributed by atoms with Crippen molar-refractivity contribution in [1.82, 2.24) is 4.90 Å².